The van der Waals surface area contributed by atoms with Gasteiger partial charge in [0.25, 0.3) is 0 Å². The Balaban J connectivity index is 2.91. The molecule has 1 heterocycles. The summed E-state index contributed by atoms with van der Waals surface area (Å²) >= 11 is 0.995. The molecule has 9 heteroatoms. The van der Waals surface area contributed by atoms with Crippen LogP contribution < -0.4 is 5.32 Å². The maximum atomic E-state index is 12.8. The molecule has 0 aliphatic rings. The van der Waals surface area contributed by atoms with Crippen molar-refractivity contribution in [1.29, 1.82) is 0 Å². The quantitative estimate of drug-likeness (QED) is 0.772. The molecule has 1 rings (SSSR count). The molecule has 1 N–H and O–H groups in total. The number of pyridine rings is 1. The second-order valence-electron chi connectivity index (χ2n) is 4.48. The highest BCUT2D eigenvalue weighted by Crippen LogP contribution is 2.33. The largest absolute Gasteiger partial charge is 0.416 e. The Morgan fingerprint density at radius 3 is 2.52 bits per heavy atom. The number of hydrogen-bond donors (Lipinski definition) is 1. The van der Waals surface area contributed by atoms with E-state index in [9.17, 15) is 21.6 Å². The van der Waals surface area contributed by atoms with Gasteiger partial charge in [0, 0.05) is 18.6 Å². The number of nitrogens with one attached hydrogen (secondary N) is 1. The Bertz CT molecular complexity index is 574. The molecule has 0 radical (unpaired) electrons. The van der Waals surface area contributed by atoms with Crippen LogP contribution in [0.3, 0.4) is 0 Å². The minimum absolute atomic E-state index is 0.104. The number of thioether (sulfide) groups is 1. The van der Waals surface area contributed by atoms with Crippen molar-refractivity contribution in [3.63, 3.8) is 0 Å². The van der Waals surface area contributed by atoms with E-state index in [1.807, 2.05) is 6.92 Å². The molecular formula is C12H17F3N2O2S2. The fraction of sp³-hybridized carbons (Fsp3) is 0.583. The average molecular weight is 342 g/mol. The van der Waals surface area contributed by atoms with E-state index in [2.05, 4.69) is 10.3 Å². The Kier molecular flexibility index (Phi) is 6.33. The summed E-state index contributed by atoms with van der Waals surface area (Å²) in [6.07, 6.45) is -2.62. The summed E-state index contributed by atoms with van der Waals surface area (Å²) in [5.74, 6) is 0.210. The number of rotatable bonds is 7. The number of anilines is 1. The van der Waals surface area contributed by atoms with Gasteiger partial charge in [-0.2, -0.15) is 13.2 Å². The number of sulfone groups is 1. The van der Waals surface area contributed by atoms with Gasteiger partial charge in [-0.1, -0.05) is 6.92 Å². The minimum Gasteiger partial charge on any atom is -0.370 e. The van der Waals surface area contributed by atoms with E-state index in [1.165, 1.54) is 0 Å². The van der Waals surface area contributed by atoms with Gasteiger partial charge in [-0.3, -0.25) is 0 Å². The van der Waals surface area contributed by atoms with Crippen molar-refractivity contribution in [3.8, 4) is 0 Å². The third kappa shape index (κ3) is 7.03. The Labute approximate surface area is 126 Å². The van der Waals surface area contributed by atoms with Crippen LogP contribution in [0, 0.1) is 0 Å². The Morgan fingerprint density at radius 1 is 1.33 bits per heavy atom. The lowest BCUT2D eigenvalue weighted by atomic mass is 10.2. The highest BCUT2D eigenvalue weighted by Gasteiger charge is 2.31. The van der Waals surface area contributed by atoms with Crippen molar-refractivity contribution in [3.05, 3.63) is 17.7 Å². The van der Waals surface area contributed by atoms with Crippen LogP contribution in [-0.4, -0.2) is 37.7 Å². The molecule has 21 heavy (non-hydrogen) atoms. The second-order valence-corrected chi connectivity index (χ2v) is 7.86. The first-order valence-electron chi connectivity index (χ1n) is 6.25. The Hall–Kier alpha value is -0.960. The maximum Gasteiger partial charge on any atom is 0.416 e. The van der Waals surface area contributed by atoms with Gasteiger partial charge < -0.3 is 5.32 Å². The number of nitrogens with zero attached hydrogens (tertiary/aromatic N) is 1. The molecule has 0 aromatic carbocycles. The van der Waals surface area contributed by atoms with Gasteiger partial charge >= 0.3 is 6.18 Å². The van der Waals surface area contributed by atoms with Crippen molar-refractivity contribution >= 4 is 27.4 Å². The fourth-order valence-corrected chi connectivity index (χ4v) is 3.51. The summed E-state index contributed by atoms with van der Waals surface area (Å²) in [7, 11) is -3.14. The zero-order chi connectivity index (χ0) is 16.1. The van der Waals surface area contributed by atoms with Gasteiger partial charge in [-0.25, -0.2) is 13.4 Å². The van der Waals surface area contributed by atoms with Crippen LogP contribution in [0.25, 0.3) is 0 Å². The molecule has 0 fully saturated rings. The van der Waals surface area contributed by atoms with E-state index in [4.69, 9.17) is 0 Å². The first-order chi connectivity index (χ1) is 9.62. The molecule has 1 aromatic heterocycles. The molecule has 0 unspecified atom stereocenters. The van der Waals surface area contributed by atoms with Crippen LogP contribution in [0.4, 0.5) is 19.0 Å². The summed E-state index contributed by atoms with van der Waals surface area (Å²) in [6.45, 7) is 2.41. The third-order valence-corrected chi connectivity index (χ3v) is 4.51. The molecule has 1 aromatic rings. The minimum atomic E-state index is -4.46. The summed E-state index contributed by atoms with van der Waals surface area (Å²) in [4.78, 5) is 4.06. The molecular weight excluding hydrogens is 325 g/mol. The topological polar surface area (TPSA) is 59.1 Å². The van der Waals surface area contributed by atoms with E-state index >= 15 is 0 Å². The SMILES string of the molecule is CCCNc1cc(C(F)(F)F)cc(SCCS(C)(=O)=O)n1. The molecule has 0 amide bonds. The monoisotopic (exact) mass is 342 g/mol. The van der Waals surface area contributed by atoms with E-state index < -0.39 is 21.6 Å². The summed E-state index contributed by atoms with van der Waals surface area (Å²) in [6, 6.07) is 1.89. The summed E-state index contributed by atoms with van der Waals surface area (Å²) < 4.78 is 60.5. The molecule has 0 saturated carbocycles. The van der Waals surface area contributed by atoms with Crippen molar-refractivity contribution in [2.75, 3.05) is 29.6 Å². The molecule has 120 valence electrons. The lowest BCUT2D eigenvalue weighted by Crippen LogP contribution is -2.10. The molecule has 0 bridgehead atoms. The van der Waals surface area contributed by atoms with Crippen molar-refractivity contribution in [1.82, 2.24) is 4.98 Å². The number of halogens is 3. The number of alkyl halides is 3. The van der Waals surface area contributed by atoms with Crippen molar-refractivity contribution in [2.45, 2.75) is 24.5 Å². The molecule has 0 aliphatic heterocycles. The first-order valence-corrected chi connectivity index (χ1v) is 9.30. The van der Waals surface area contributed by atoms with Crippen LogP contribution in [0.5, 0.6) is 0 Å². The van der Waals surface area contributed by atoms with E-state index in [1.54, 1.807) is 0 Å². The van der Waals surface area contributed by atoms with Gasteiger partial charge in [0.15, 0.2) is 0 Å². The van der Waals surface area contributed by atoms with E-state index in [-0.39, 0.29) is 22.3 Å². The zero-order valence-corrected chi connectivity index (χ0v) is 13.3. The molecule has 4 nitrogen and oxygen atoms in total. The summed E-state index contributed by atoms with van der Waals surface area (Å²) in [5.41, 5.74) is -0.794. The standard InChI is InChI=1S/C12H17F3N2O2S2/c1-3-4-16-10-7-9(12(13,14)15)8-11(17-10)20-5-6-21(2,18)19/h7-8H,3-6H2,1-2H3,(H,16,17). The van der Waals surface area contributed by atoms with Crippen LogP contribution in [-0.2, 0) is 16.0 Å². The van der Waals surface area contributed by atoms with Crippen LogP contribution in [0.15, 0.2) is 17.2 Å². The highest BCUT2D eigenvalue weighted by atomic mass is 32.2. The highest BCUT2D eigenvalue weighted by molar-refractivity contribution is 8.00. The predicted molar refractivity (Wildman–Crippen MR) is 78.5 cm³/mol. The average Bonchev–Trinajstić information content (AvgIpc) is 2.33. The smallest absolute Gasteiger partial charge is 0.370 e. The zero-order valence-electron chi connectivity index (χ0n) is 11.7. The third-order valence-electron chi connectivity index (χ3n) is 2.39. The number of hydrogen-bond acceptors (Lipinski definition) is 5. The van der Waals surface area contributed by atoms with E-state index in [0.717, 1.165) is 36.6 Å². The van der Waals surface area contributed by atoms with Crippen LogP contribution in [0.2, 0.25) is 0 Å². The first kappa shape index (κ1) is 18.1. The van der Waals surface area contributed by atoms with Gasteiger partial charge in [-0.05, 0) is 18.6 Å². The molecule has 0 spiro atoms. The number of aromatic nitrogens is 1. The molecule has 0 aliphatic carbocycles. The van der Waals surface area contributed by atoms with Gasteiger partial charge in [0.1, 0.15) is 15.7 Å². The maximum absolute atomic E-state index is 12.8. The normalized spacial score (nSPS) is 12.4. The molecule has 0 atom stereocenters. The summed E-state index contributed by atoms with van der Waals surface area (Å²) in [5, 5.41) is 2.97. The van der Waals surface area contributed by atoms with Crippen LogP contribution >= 0.6 is 11.8 Å². The van der Waals surface area contributed by atoms with Crippen molar-refractivity contribution in [2.24, 2.45) is 0 Å². The predicted octanol–water partition coefficient (Wildman–Crippen LogP) is 3.06. The van der Waals surface area contributed by atoms with Gasteiger partial charge in [0.05, 0.1) is 16.3 Å². The molecule has 0 saturated heterocycles. The van der Waals surface area contributed by atoms with Gasteiger partial charge in [-0.15, -0.1) is 11.8 Å². The van der Waals surface area contributed by atoms with E-state index in [0.29, 0.717) is 6.54 Å². The fourth-order valence-electron chi connectivity index (χ4n) is 1.38. The van der Waals surface area contributed by atoms with Gasteiger partial charge in [0.2, 0.25) is 0 Å². The Morgan fingerprint density at radius 2 is 2.00 bits per heavy atom. The lowest BCUT2D eigenvalue weighted by Gasteiger charge is -2.12. The van der Waals surface area contributed by atoms with Crippen LogP contribution in [0.1, 0.15) is 18.9 Å². The van der Waals surface area contributed by atoms with Crippen molar-refractivity contribution < 1.29 is 21.6 Å². The second kappa shape index (κ2) is 7.35. The lowest BCUT2D eigenvalue weighted by molar-refractivity contribution is -0.137.